The maximum absolute atomic E-state index is 12.3. The van der Waals surface area contributed by atoms with Crippen molar-refractivity contribution >= 4 is 5.78 Å². The highest BCUT2D eigenvalue weighted by Gasteiger charge is 2.23. The van der Waals surface area contributed by atoms with Gasteiger partial charge in [-0.05, 0) is 52.0 Å². The molecule has 106 valence electrons. The van der Waals surface area contributed by atoms with Crippen LogP contribution in [0.3, 0.4) is 0 Å². The topological polar surface area (TPSA) is 44.8 Å². The highest BCUT2D eigenvalue weighted by molar-refractivity contribution is 5.98. The molecule has 0 fully saturated rings. The van der Waals surface area contributed by atoms with Crippen molar-refractivity contribution in [2.75, 3.05) is 7.11 Å². The number of carbonyl (C=O) groups excluding carboxylic acids is 1. The Kier molecular flexibility index (Phi) is 5.99. The minimum absolute atomic E-state index is 0.0778. The van der Waals surface area contributed by atoms with E-state index in [2.05, 4.69) is 0 Å². The number of ketones is 1. The minimum Gasteiger partial charge on any atom is -0.497 e. The van der Waals surface area contributed by atoms with Gasteiger partial charge in [-0.3, -0.25) is 4.79 Å². The summed E-state index contributed by atoms with van der Waals surface area (Å²) in [5.41, 5.74) is 0.548. The average molecular weight is 266 g/mol. The van der Waals surface area contributed by atoms with E-state index >= 15 is 0 Å². The van der Waals surface area contributed by atoms with Crippen LogP contribution in [0.5, 0.6) is 5.75 Å². The van der Waals surface area contributed by atoms with E-state index in [0.717, 1.165) is 0 Å². The Morgan fingerprint density at radius 3 is 1.79 bits per heavy atom. The quantitative estimate of drug-likeness (QED) is 0.562. The summed E-state index contributed by atoms with van der Waals surface area (Å²) in [6, 6.07) is 6.91. The van der Waals surface area contributed by atoms with E-state index in [1.165, 1.54) is 0 Å². The number of rotatable bonds is 7. The number of hydrogen-bond acceptors (Lipinski definition) is 4. The van der Waals surface area contributed by atoms with Crippen LogP contribution in [0.1, 0.15) is 38.1 Å². The van der Waals surface area contributed by atoms with Gasteiger partial charge in [-0.1, -0.05) is 0 Å². The smallest absolute Gasteiger partial charge is 0.223 e. The number of Topliss-reactive ketones (excluding diaryl/α,β-unsaturated/α-hetero) is 1. The van der Waals surface area contributed by atoms with Crippen LogP contribution in [0, 0.1) is 0 Å². The Bertz CT molecular complexity index is 385. The molecule has 19 heavy (non-hydrogen) atoms. The van der Waals surface area contributed by atoms with Crippen molar-refractivity contribution in [3.8, 4) is 5.75 Å². The summed E-state index contributed by atoms with van der Waals surface area (Å²) in [4.78, 5) is 12.3. The van der Waals surface area contributed by atoms with E-state index in [-0.39, 0.29) is 18.0 Å². The molecule has 0 N–H and O–H groups in total. The van der Waals surface area contributed by atoms with E-state index < -0.39 is 6.29 Å². The predicted molar refractivity (Wildman–Crippen MR) is 73.6 cm³/mol. The number of methoxy groups -OCH3 is 1. The number of hydrogen-bond donors (Lipinski definition) is 0. The standard InChI is InChI=1S/C15H22O4/c1-10(2)18-15(19-11(3)4)14(16)12-6-8-13(17-5)9-7-12/h6-11,15H,1-5H3. The molecule has 0 amide bonds. The van der Waals surface area contributed by atoms with E-state index in [4.69, 9.17) is 14.2 Å². The molecule has 0 atom stereocenters. The van der Waals surface area contributed by atoms with Gasteiger partial charge >= 0.3 is 0 Å². The van der Waals surface area contributed by atoms with E-state index in [9.17, 15) is 4.79 Å². The predicted octanol–water partition coefficient (Wildman–Crippen LogP) is 3.05. The maximum atomic E-state index is 12.3. The first-order valence-corrected chi connectivity index (χ1v) is 6.43. The van der Waals surface area contributed by atoms with Crippen LogP contribution in [-0.4, -0.2) is 31.4 Å². The van der Waals surface area contributed by atoms with E-state index in [1.807, 2.05) is 27.7 Å². The van der Waals surface area contributed by atoms with Crippen molar-refractivity contribution < 1.29 is 19.0 Å². The molecule has 0 saturated carbocycles. The van der Waals surface area contributed by atoms with Crippen LogP contribution in [0.25, 0.3) is 0 Å². The first-order valence-electron chi connectivity index (χ1n) is 6.43. The Morgan fingerprint density at radius 2 is 1.42 bits per heavy atom. The lowest BCUT2D eigenvalue weighted by atomic mass is 10.1. The maximum Gasteiger partial charge on any atom is 0.223 e. The summed E-state index contributed by atoms with van der Waals surface area (Å²) in [5.74, 6) is 0.535. The fraction of sp³-hybridized carbons (Fsp3) is 0.533. The molecule has 4 heteroatoms. The molecule has 0 bridgehead atoms. The minimum atomic E-state index is -0.867. The number of ether oxygens (including phenoxy) is 3. The molecular formula is C15H22O4. The summed E-state index contributed by atoms with van der Waals surface area (Å²) in [6.07, 6.45) is -1.02. The Hall–Kier alpha value is -1.39. The molecule has 0 radical (unpaired) electrons. The van der Waals surface area contributed by atoms with Gasteiger partial charge in [0.25, 0.3) is 0 Å². The SMILES string of the molecule is COc1ccc(C(=O)C(OC(C)C)OC(C)C)cc1. The highest BCUT2D eigenvalue weighted by Crippen LogP contribution is 2.16. The molecule has 0 saturated heterocycles. The van der Waals surface area contributed by atoms with Gasteiger partial charge in [0, 0.05) is 5.56 Å². The van der Waals surface area contributed by atoms with Gasteiger partial charge in [0.15, 0.2) is 0 Å². The Morgan fingerprint density at radius 1 is 0.947 bits per heavy atom. The second kappa shape index (κ2) is 7.26. The van der Waals surface area contributed by atoms with Gasteiger partial charge in [-0.2, -0.15) is 0 Å². The second-order valence-corrected chi connectivity index (χ2v) is 4.79. The molecule has 1 rings (SSSR count). The van der Waals surface area contributed by atoms with Gasteiger partial charge < -0.3 is 14.2 Å². The third-order valence-corrected chi connectivity index (χ3v) is 2.38. The fourth-order valence-electron chi connectivity index (χ4n) is 1.54. The van der Waals surface area contributed by atoms with Gasteiger partial charge in [0.1, 0.15) is 5.75 Å². The summed E-state index contributed by atoms with van der Waals surface area (Å²) in [6.45, 7) is 7.49. The monoisotopic (exact) mass is 266 g/mol. The number of carbonyl (C=O) groups is 1. The summed E-state index contributed by atoms with van der Waals surface area (Å²) >= 11 is 0. The summed E-state index contributed by atoms with van der Waals surface area (Å²) in [7, 11) is 1.59. The van der Waals surface area contributed by atoms with Crippen LogP contribution in [0.2, 0.25) is 0 Å². The molecule has 0 heterocycles. The van der Waals surface area contributed by atoms with Crippen LogP contribution in [-0.2, 0) is 9.47 Å². The van der Waals surface area contributed by atoms with Gasteiger partial charge in [0.2, 0.25) is 12.1 Å². The third kappa shape index (κ3) is 5.01. The Balaban J connectivity index is 2.84. The van der Waals surface area contributed by atoms with Crippen LogP contribution < -0.4 is 4.74 Å². The zero-order valence-electron chi connectivity index (χ0n) is 12.2. The lowest BCUT2D eigenvalue weighted by molar-refractivity contribution is -0.152. The molecule has 4 nitrogen and oxygen atoms in total. The van der Waals surface area contributed by atoms with Crippen molar-refractivity contribution in [3.63, 3.8) is 0 Å². The largest absolute Gasteiger partial charge is 0.497 e. The molecule has 0 aliphatic carbocycles. The third-order valence-electron chi connectivity index (χ3n) is 2.38. The second-order valence-electron chi connectivity index (χ2n) is 4.79. The van der Waals surface area contributed by atoms with Crippen molar-refractivity contribution in [1.82, 2.24) is 0 Å². The molecule has 0 aliphatic rings. The Labute approximate surface area is 114 Å². The lowest BCUT2D eigenvalue weighted by Crippen LogP contribution is -2.32. The summed E-state index contributed by atoms with van der Waals surface area (Å²) < 4.78 is 16.1. The van der Waals surface area contributed by atoms with E-state index in [1.54, 1.807) is 31.4 Å². The number of benzene rings is 1. The molecule has 1 aromatic rings. The molecule has 0 aliphatic heterocycles. The van der Waals surface area contributed by atoms with Crippen molar-refractivity contribution in [2.45, 2.75) is 46.2 Å². The molecule has 0 aromatic heterocycles. The van der Waals surface area contributed by atoms with Gasteiger partial charge in [-0.25, -0.2) is 0 Å². The van der Waals surface area contributed by atoms with Gasteiger partial charge in [0.05, 0.1) is 19.3 Å². The first-order chi connectivity index (χ1) is 8.93. The lowest BCUT2D eigenvalue weighted by Gasteiger charge is -2.21. The zero-order valence-corrected chi connectivity index (χ0v) is 12.2. The van der Waals surface area contributed by atoms with Crippen LogP contribution >= 0.6 is 0 Å². The molecule has 1 aromatic carbocycles. The van der Waals surface area contributed by atoms with Crippen LogP contribution in [0.15, 0.2) is 24.3 Å². The van der Waals surface area contributed by atoms with Gasteiger partial charge in [-0.15, -0.1) is 0 Å². The van der Waals surface area contributed by atoms with Crippen molar-refractivity contribution in [3.05, 3.63) is 29.8 Å². The summed E-state index contributed by atoms with van der Waals surface area (Å²) in [5, 5.41) is 0. The normalized spacial score (nSPS) is 11.4. The van der Waals surface area contributed by atoms with E-state index in [0.29, 0.717) is 11.3 Å². The fourth-order valence-corrected chi connectivity index (χ4v) is 1.54. The van der Waals surface area contributed by atoms with Crippen molar-refractivity contribution in [1.29, 1.82) is 0 Å². The first kappa shape index (κ1) is 15.7. The highest BCUT2D eigenvalue weighted by atomic mass is 16.7. The van der Waals surface area contributed by atoms with Crippen molar-refractivity contribution in [2.24, 2.45) is 0 Å². The zero-order chi connectivity index (χ0) is 14.4. The average Bonchev–Trinajstić information content (AvgIpc) is 2.36. The molecule has 0 unspecified atom stereocenters. The molecule has 0 spiro atoms. The van der Waals surface area contributed by atoms with Crippen LogP contribution in [0.4, 0.5) is 0 Å². The molecular weight excluding hydrogens is 244 g/mol.